The summed E-state index contributed by atoms with van der Waals surface area (Å²) in [7, 11) is 0. The molecule has 0 aliphatic rings. The maximum atomic E-state index is 3.62. The summed E-state index contributed by atoms with van der Waals surface area (Å²) in [4.78, 5) is 7.00. The molecular weight excluding hydrogens is 690 g/mol. The molecule has 5 aromatic carbocycles. The standard InChI is InChI=1S/C34H24N2.2HI/c1-21-18-24-12-13-25-20-22(2)26(15-14-23-8-3-4-9-27(23)30-11-5-6-16-35-30)33-32(25)31(24)29(19-21)28-10-7-17-36-34(28)33;;/h3-20H,1-2H3;2*1H/b15-14+;;. The van der Waals surface area contributed by atoms with Crippen molar-refractivity contribution in [2.75, 3.05) is 0 Å². The molecule has 0 aliphatic carbocycles. The minimum absolute atomic E-state index is 0. The van der Waals surface area contributed by atoms with Crippen molar-refractivity contribution in [3.8, 4) is 11.3 Å². The Kier molecular flexibility index (Phi) is 7.38. The molecule has 7 rings (SSSR count). The van der Waals surface area contributed by atoms with Crippen LogP contribution >= 0.6 is 0 Å². The first-order chi connectivity index (χ1) is 17.7. The second kappa shape index (κ2) is 10.6. The second-order valence-electron chi connectivity index (χ2n) is 9.71. The number of hydrogen-bond acceptors (Lipinski definition) is 0. The van der Waals surface area contributed by atoms with Crippen molar-refractivity contribution >= 4 is 55.4 Å². The van der Waals surface area contributed by atoms with Gasteiger partial charge in [-0.3, -0.25) is 0 Å². The van der Waals surface area contributed by atoms with Crippen molar-refractivity contribution < 1.29 is 57.9 Å². The Morgan fingerprint density at radius 3 is 2.18 bits per heavy atom. The molecule has 0 amide bonds. The van der Waals surface area contributed by atoms with E-state index in [9.17, 15) is 0 Å². The first-order valence-corrected chi connectivity index (χ1v) is 12.5. The molecule has 0 atom stereocenters. The van der Waals surface area contributed by atoms with Gasteiger partial charge >= 0.3 is 0 Å². The lowest BCUT2D eigenvalue weighted by Crippen LogP contribution is -3.00. The molecule has 186 valence electrons. The largest absolute Gasteiger partial charge is 1.00 e. The zero-order valence-electron chi connectivity index (χ0n) is 21.1. The summed E-state index contributed by atoms with van der Waals surface area (Å²) in [6.45, 7) is 4.41. The number of fused-ring (bicyclic) bond motifs is 3. The van der Waals surface area contributed by atoms with Crippen LogP contribution in [-0.2, 0) is 0 Å². The van der Waals surface area contributed by atoms with Crippen LogP contribution in [0.5, 0.6) is 0 Å². The highest BCUT2D eigenvalue weighted by atomic mass is 127. The van der Waals surface area contributed by atoms with Crippen LogP contribution in [0.1, 0.15) is 22.3 Å². The van der Waals surface area contributed by atoms with E-state index in [0.29, 0.717) is 0 Å². The first kappa shape index (κ1) is 26.5. The smallest absolute Gasteiger partial charge is 0.219 e. The Hall–Kier alpha value is -3.10. The molecule has 0 radical (unpaired) electrons. The summed E-state index contributed by atoms with van der Waals surface area (Å²) < 4.78 is 0. The van der Waals surface area contributed by atoms with Crippen LogP contribution in [0.2, 0.25) is 0 Å². The van der Waals surface area contributed by atoms with Gasteiger partial charge in [0.1, 0.15) is 0 Å². The molecule has 0 saturated heterocycles. The highest BCUT2D eigenvalue weighted by molar-refractivity contribution is 6.34. The van der Waals surface area contributed by atoms with Gasteiger partial charge in [0.05, 0.1) is 16.3 Å². The predicted molar refractivity (Wildman–Crippen MR) is 151 cm³/mol. The van der Waals surface area contributed by atoms with E-state index < -0.39 is 0 Å². The molecule has 2 heterocycles. The fourth-order valence-electron chi connectivity index (χ4n) is 5.84. The predicted octanol–water partition coefficient (Wildman–Crippen LogP) is 1.83. The van der Waals surface area contributed by atoms with Crippen LogP contribution in [0.4, 0.5) is 0 Å². The summed E-state index contributed by atoms with van der Waals surface area (Å²) in [6.07, 6.45) is 8.58. The molecule has 2 nitrogen and oxygen atoms in total. The molecule has 38 heavy (non-hydrogen) atoms. The van der Waals surface area contributed by atoms with Crippen LogP contribution in [0.15, 0.2) is 97.3 Å². The molecule has 4 heteroatoms. The molecule has 0 saturated carbocycles. The molecule has 2 N–H and O–H groups in total. The van der Waals surface area contributed by atoms with E-state index in [-0.39, 0.29) is 48.0 Å². The lowest BCUT2D eigenvalue weighted by atomic mass is 9.86. The second-order valence-corrected chi connectivity index (χ2v) is 9.71. The molecule has 0 unspecified atom stereocenters. The number of hydrogen-bond donors (Lipinski definition) is 0. The van der Waals surface area contributed by atoms with Crippen molar-refractivity contribution in [3.63, 3.8) is 0 Å². The summed E-state index contributed by atoms with van der Waals surface area (Å²) >= 11 is 0. The van der Waals surface area contributed by atoms with Crippen molar-refractivity contribution in [2.45, 2.75) is 13.8 Å². The molecule has 0 fully saturated rings. The van der Waals surface area contributed by atoms with Gasteiger partial charge < -0.3 is 48.0 Å². The highest BCUT2D eigenvalue weighted by Gasteiger charge is 2.20. The third kappa shape index (κ3) is 4.24. The van der Waals surface area contributed by atoms with Crippen LogP contribution in [0, 0.1) is 13.8 Å². The third-order valence-electron chi connectivity index (χ3n) is 7.40. The number of aromatic amines is 2. The van der Waals surface area contributed by atoms with Crippen molar-refractivity contribution in [3.05, 3.63) is 120 Å². The Labute approximate surface area is 256 Å². The third-order valence-corrected chi connectivity index (χ3v) is 7.40. The minimum atomic E-state index is 0. The number of halogens is 2. The van der Waals surface area contributed by atoms with Crippen LogP contribution < -0.4 is 57.9 Å². The molecule has 0 spiro atoms. The SMILES string of the molecule is Cc1cc2ccc3cc(C)c(/C=C/c4ccccc4-c4cccc[nH+]4)c4c5[nH+]cccc5c(c1)c2c34.[I-].[I-]. The van der Waals surface area contributed by atoms with Gasteiger partial charge in [-0.2, -0.15) is 0 Å². The molecule has 0 bridgehead atoms. The number of nitrogens with one attached hydrogen (secondary N) is 2. The zero-order valence-corrected chi connectivity index (χ0v) is 25.5. The van der Waals surface area contributed by atoms with Crippen LogP contribution in [0.25, 0.3) is 66.6 Å². The van der Waals surface area contributed by atoms with Gasteiger partial charge in [-0.05, 0) is 75.8 Å². The van der Waals surface area contributed by atoms with E-state index >= 15 is 0 Å². The maximum absolute atomic E-state index is 3.62. The Morgan fingerprint density at radius 2 is 1.37 bits per heavy atom. The topological polar surface area (TPSA) is 28.3 Å². The molecule has 0 aliphatic heterocycles. The van der Waals surface area contributed by atoms with Crippen molar-refractivity contribution in [2.24, 2.45) is 0 Å². The summed E-state index contributed by atoms with van der Waals surface area (Å²) in [5.41, 5.74) is 8.51. The highest BCUT2D eigenvalue weighted by Crippen LogP contribution is 2.42. The quantitative estimate of drug-likeness (QED) is 0.116. The number of pyridine rings is 2. The Morgan fingerprint density at radius 1 is 0.605 bits per heavy atom. The Bertz CT molecular complexity index is 1960. The number of H-pyrrole nitrogens is 2. The lowest BCUT2D eigenvalue weighted by Gasteiger charge is -2.16. The lowest BCUT2D eigenvalue weighted by molar-refractivity contribution is -0.364. The number of rotatable bonds is 3. The summed E-state index contributed by atoms with van der Waals surface area (Å²) in [5.74, 6) is 0. The van der Waals surface area contributed by atoms with Crippen LogP contribution in [-0.4, -0.2) is 0 Å². The zero-order chi connectivity index (χ0) is 24.2. The fraction of sp³-hybridized carbons (Fsp3) is 0.0588. The number of benzene rings is 5. The van der Waals surface area contributed by atoms with Gasteiger partial charge in [-0.25, -0.2) is 9.97 Å². The normalized spacial score (nSPS) is 11.4. The average molecular weight is 716 g/mol. The van der Waals surface area contributed by atoms with Crippen molar-refractivity contribution in [1.82, 2.24) is 0 Å². The van der Waals surface area contributed by atoms with Gasteiger partial charge in [-0.1, -0.05) is 60.7 Å². The molecular formula is C34H26I2N2. The van der Waals surface area contributed by atoms with Gasteiger partial charge in [0.25, 0.3) is 0 Å². The minimum Gasteiger partial charge on any atom is -1.00 e. The summed E-state index contributed by atoms with van der Waals surface area (Å²) in [6, 6.07) is 30.7. The summed E-state index contributed by atoms with van der Waals surface area (Å²) in [5, 5.41) is 9.17. The van der Waals surface area contributed by atoms with E-state index in [0.717, 1.165) is 5.69 Å². The van der Waals surface area contributed by atoms with E-state index in [4.69, 9.17) is 0 Å². The molecule has 2 aromatic heterocycles. The fourth-order valence-corrected chi connectivity index (χ4v) is 5.84. The Balaban J connectivity index is 0.00000147. The van der Waals surface area contributed by atoms with Gasteiger partial charge in [0.15, 0.2) is 12.4 Å². The van der Waals surface area contributed by atoms with Gasteiger partial charge in [0, 0.05) is 23.6 Å². The van der Waals surface area contributed by atoms with E-state index in [1.807, 2.05) is 18.5 Å². The maximum Gasteiger partial charge on any atom is 0.219 e. The molecule has 7 aromatic rings. The van der Waals surface area contributed by atoms with Gasteiger partial charge in [0.2, 0.25) is 11.2 Å². The number of aryl methyl sites for hydroxylation is 2. The van der Waals surface area contributed by atoms with Gasteiger partial charge in [-0.15, -0.1) is 0 Å². The van der Waals surface area contributed by atoms with E-state index in [1.165, 1.54) is 71.0 Å². The first-order valence-electron chi connectivity index (χ1n) is 12.5. The average Bonchev–Trinajstić information content (AvgIpc) is 2.91. The number of aromatic nitrogens is 2. The monoisotopic (exact) mass is 716 g/mol. The van der Waals surface area contributed by atoms with E-state index in [1.54, 1.807) is 0 Å². The van der Waals surface area contributed by atoms with E-state index in [2.05, 4.69) is 115 Å². The van der Waals surface area contributed by atoms with Crippen LogP contribution in [0.3, 0.4) is 0 Å². The van der Waals surface area contributed by atoms with Crippen molar-refractivity contribution in [1.29, 1.82) is 0 Å².